The molecule has 0 aliphatic heterocycles. The minimum absolute atomic E-state index is 0.469. The molecule has 1 atom stereocenters. The third-order valence-corrected chi connectivity index (χ3v) is 4.22. The van der Waals surface area contributed by atoms with Gasteiger partial charge < -0.3 is 10.2 Å². The fourth-order valence-electron chi connectivity index (χ4n) is 2.69. The first-order valence-corrected chi connectivity index (χ1v) is 8.67. The van der Waals surface area contributed by atoms with Crippen LogP contribution in [0.4, 0.5) is 0 Å². The molecular formula is C19H34N2. The Labute approximate surface area is 131 Å². The van der Waals surface area contributed by atoms with E-state index in [-0.39, 0.29) is 0 Å². The molecule has 1 N–H and O–H groups in total. The lowest BCUT2D eigenvalue weighted by atomic mass is 10.0. The Kier molecular flexibility index (Phi) is 9.36. The highest BCUT2D eigenvalue weighted by Crippen LogP contribution is 2.18. The maximum Gasteiger partial charge on any atom is 0.0329 e. The summed E-state index contributed by atoms with van der Waals surface area (Å²) in [6, 6.07) is 9.42. The molecule has 0 aliphatic carbocycles. The van der Waals surface area contributed by atoms with Crippen molar-refractivity contribution in [3.63, 3.8) is 0 Å². The second kappa shape index (κ2) is 10.8. The minimum atomic E-state index is 0.469. The van der Waals surface area contributed by atoms with Gasteiger partial charge in [0.2, 0.25) is 0 Å². The Bertz CT molecular complexity index is 350. The number of hydrogen-bond acceptors (Lipinski definition) is 2. The van der Waals surface area contributed by atoms with E-state index < -0.39 is 0 Å². The zero-order valence-electron chi connectivity index (χ0n) is 14.5. The summed E-state index contributed by atoms with van der Waals surface area (Å²) in [7, 11) is 2.08. The standard InChI is InChI=1S/C19H34N2/c1-5-7-14-21(15-8-6-2)16-13-19(20-4)18-11-9-17(3)10-12-18/h9-12,19-20H,5-8,13-16H2,1-4H3. The van der Waals surface area contributed by atoms with E-state index in [0.29, 0.717) is 6.04 Å². The van der Waals surface area contributed by atoms with Gasteiger partial charge in [-0.25, -0.2) is 0 Å². The molecule has 0 heterocycles. The molecule has 0 spiro atoms. The molecule has 21 heavy (non-hydrogen) atoms. The Morgan fingerprint density at radius 1 is 0.952 bits per heavy atom. The van der Waals surface area contributed by atoms with Crippen molar-refractivity contribution in [3.8, 4) is 0 Å². The largest absolute Gasteiger partial charge is 0.313 e. The topological polar surface area (TPSA) is 15.3 Å². The molecule has 1 unspecified atom stereocenters. The molecule has 1 rings (SSSR count). The van der Waals surface area contributed by atoms with Crippen molar-refractivity contribution < 1.29 is 0 Å². The SMILES string of the molecule is CCCCN(CCCC)CCC(NC)c1ccc(C)cc1. The molecule has 1 aromatic rings. The van der Waals surface area contributed by atoms with Gasteiger partial charge >= 0.3 is 0 Å². The lowest BCUT2D eigenvalue weighted by Gasteiger charge is -2.25. The van der Waals surface area contributed by atoms with Crippen LogP contribution in [-0.4, -0.2) is 31.6 Å². The van der Waals surface area contributed by atoms with Crippen LogP contribution in [0.5, 0.6) is 0 Å². The average molecular weight is 290 g/mol. The molecule has 0 aromatic heterocycles. The smallest absolute Gasteiger partial charge is 0.0329 e. The molecule has 0 bridgehead atoms. The molecule has 120 valence electrons. The van der Waals surface area contributed by atoms with Crippen molar-refractivity contribution in [3.05, 3.63) is 35.4 Å². The van der Waals surface area contributed by atoms with Crippen LogP contribution in [-0.2, 0) is 0 Å². The molecule has 0 aliphatic rings. The summed E-state index contributed by atoms with van der Waals surface area (Å²) in [6.45, 7) is 10.4. The number of nitrogens with one attached hydrogen (secondary N) is 1. The monoisotopic (exact) mass is 290 g/mol. The number of aryl methyl sites for hydroxylation is 1. The Hall–Kier alpha value is -0.860. The fourth-order valence-corrected chi connectivity index (χ4v) is 2.69. The van der Waals surface area contributed by atoms with E-state index in [1.807, 2.05) is 0 Å². The maximum atomic E-state index is 3.48. The van der Waals surface area contributed by atoms with E-state index in [1.54, 1.807) is 0 Å². The first-order chi connectivity index (χ1) is 10.2. The zero-order valence-corrected chi connectivity index (χ0v) is 14.5. The highest BCUT2D eigenvalue weighted by Gasteiger charge is 2.11. The van der Waals surface area contributed by atoms with E-state index in [0.717, 1.165) is 0 Å². The van der Waals surface area contributed by atoms with Crippen molar-refractivity contribution >= 4 is 0 Å². The van der Waals surface area contributed by atoms with Gasteiger partial charge in [-0.2, -0.15) is 0 Å². The van der Waals surface area contributed by atoms with Gasteiger partial charge in [-0.1, -0.05) is 56.5 Å². The van der Waals surface area contributed by atoms with Crippen LogP contribution in [0.3, 0.4) is 0 Å². The van der Waals surface area contributed by atoms with Crippen LogP contribution in [0.25, 0.3) is 0 Å². The van der Waals surface area contributed by atoms with Gasteiger partial charge in [-0.15, -0.1) is 0 Å². The Morgan fingerprint density at radius 2 is 1.52 bits per heavy atom. The van der Waals surface area contributed by atoms with E-state index in [1.165, 1.54) is 62.9 Å². The van der Waals surface area contributed by atoms with Gasteiger partial charge in [0.05, 0.1) is 0 Å². The number of unbranched alkanes of at least 4 members (excludes halogenated alkanes) is 2. The first kappa shape index (κ1) is 18.2. The number of rotatable bonds is 11. The van der Waals surface area contributed by atoms with Crippen LogP contribution in [0.1, 0.15) is 63.1 Å². The molecule has 0 saturated carbocycles. The fraction of sp³-hybridized carbons (Fsp3) is 0.684. The number of benzene rings is 1. The minimum Gasteiger partial charge on any atom is -0.313 e. The van der Waals surface area contributed by atoms with Crippen LogP contribution >= 0.6 is 0 Å². The van der Waals surface area contributed by atoms with Crippen LogP contribution in [0, 0.1) is 6.92 Å². The number of nitrogens with zero attached hydrogens (tertiary/aromatic N) is 1. The summed E-state index contributed by atoms with van der Waals surface area (Å²) in [6.07, 6.45) is 6.40. The summed E-state index contributed by atoms with van der Waals surface area (Å²) >= 11 is 0. The van der Waals surface area contributed by atoms with Crippen molar-refractivity contribution in [1.29, 1.82) is 0 Å². The lowest BCUT2D eigenvalue weighted by Crippen LogP contribution is -2.30. The van der Waals surface area contributed by atoms with Gasteiger partial charge in [0.15, 0.2) is 0 Å². The molecule has 2 heteroatoms. The molecule has 1 aromatic carbocycles. The third-order valence-electron chi connectivity index (χ3n) is 4.22. The van der Waals surface area contributed by atoms with E-state index >= 15 is 0 Å². The highest BCUT2D eigenvalue weighted by molar-refractivity contribution is 5.24. The van der Waals surface area contributed by atoms with Crippen molar-refractivity contribution in [2.24, 2.45) is 0 Å². The quantitative estimate of drug-likeness (QED) is 0.643. The van der Waals surface area contributed by atoms with Gasteiger partial charge in [0.1, 0.15) is 0 Å². The van der Waals surface area contributed by atoms with Crippen LogP contribution in [0.15, 0.2) is 24.3 Å². The Morgan fingerprint density at radius 3 is 2.00 bits per heavy atom. The van der Waals surface area contributed by atoms with Crippen molar-refractivity contribution in [1.82, 2.24) is 10.2 Å². The van der Waals surface area contributed by atoms with Crippen molar-refractivity contribution in [2.45, 2.75) is 58.9 Å². The lowest BCUT2D eigenvalue weighted by molar-refractivity contribution is 0.251. The molecule has 2 nitrogen and oxygen atoms in total. The summed E-state index contributed by atoms with van der Waals surface area (Å²) < 4.78 is 0. The summed E-state index contributed by atoms with van der Waals surface area (Å²) in [5.41, 5.74) is 2.75. The summed E-state index contributed by atoms with van der Waals surface area (Å²) in [5, 5.41) is 3.48. The highest BCUT2D eigenvalue weighted by atomic mass is 15.1. The zero-order chi connectivity index (χ0) is 15.5. The van der Waals surface area contributed by atoms with Crippen LogP contribution < -0.4 is 5.32 Å². The molecule has 0 saturated heterocycles. The number of hydrogen-bond donors (Lipinski definition) is 1. The van der Waals surface area contributed by atoms with Gasteiger partial charge in [0.25, 0.3) is 0 Å². The predicted octanol–water partition coefficient (Wildman–Crippen LogP) is 4.55. The normalized spacial score (nSPS) is 12.8. The van der Waals surface area contributed by atoms with E-state index in [4.69, 9.17) is 0 Å². The second-order valence-corrected chi connectivity index (χ2v) is 6.09. The third kappa shape index (κ3) is 7.10. The first-order valence-electron chi connectivity index (χ1n) is 8.67. The van der Waals surface area contributed by atoms with Crippen molar-refractivity contribution in [2.75, 3.05) is 26.7 Å². The predicted molar refractivity (Wildman–Crippen MR) is 93.9 cm³/mol. The maximum absolute atomic E-state index is 3.48. The van der Waals surface area contributed by atoms with Gasteiger partial charge in [-0.05, 0) is 58.4 Å². The summed E-state index contributed by atoms with van der Waals surface area (Å²) in [5.74, 6) is 0. The molecule has 0 amide bonds. The molecule has 0 fully saturated rings. The van der Waals surface area contributed by atoms with Crippen LogP contribution in [0.2, 0.25) is 0 Å². The van der Waals surface area contributed by atoms with Gasteiger partial charge in [0, 0.05) is 6.04 Å². The second-order valence-electron chi connectivity index (χ2n) is 6.09. The Balaban J connectivity index is 2.51. The van der Waals surface area contributed by atoms with Gasteiger partial charge in [-0.3, -0.25) is 0 Å². The summed E-state index contributed by atoms with van der Waals surface area (Å²) in [4.78, 5) is 2.64. The van der Waals surface area contributed by atoms with E-state index in [2.05, 4.69) is 62.3 Å². The molecule has 0 radical (unpaired) electrons. The average Bonchev–Trinajstić information content (AvgIpc) is 2.51. The van der Waals surface area contributed by atoms with E-state index in [9.17, 15) is 0 Å². The molecular weight excluding hydrogens is 256 g/mol.